The van der Waals surface area contributed by atoms with Crippen molar-refractivity contribution in [2.24, 2.45) is 10.1 Å². The van der Waals surface area contributed by atoms with E-state index in [-0.39, 0.29) is 0 Å². The molecule has 1 aromatic heterocycles. The summed E-state index contributed by atoms with van der Waals surface area (Å²) >= 11 is 0. The molecule has 1 aromatic carbocycles. The van der Waals surface area contributed by atoms with Gasteiger partial charge in [0.2, 0.25) is 0 Å². The molecular weight excluding hydrogens is 420 g/mol. The first-order valence-corrected chi connectivity index (χ1v) is 10.9. The molecule has 1 atom stereocenters. The Morgan fingerprint density at radius 2 is 2.06 bits per heavy atom. The second-order valence-corrected chi connectivity index (χ2v) is 8.44. The molecule has 0 saturated heterocycles. The molecule has 1 unspecified atom stereocenters. The van der Waals surface area contributed by atoms with Crippen molar-refractivity contribution in [3.63, 3.8) is 0 Å². The lowest BCUT2D eigenvalue weighted by Crippen LogP contribution is -2.40. The maximum Gasteiger partial charge on any atom is 0.169 e. The number of nitrogens with zero attached hydrogens (tertiary/aromatic N) is 8. The fourth-order valence-corrected chi connectivity index (χ4v) is 3.58. The van der Waals surface area contributed by atoms with Crippen LogP contribution in [0, 0.1) is 11.3 Å². The van der Waals surface area contributed by atoms with Crippen LogP contribution >= 0.6 is 0 Å². The molecule has 3 aliphatic rings. The molecule has 170 valence electrons. The van der Waals surface area contributed by atoms with Crippen molar-refractivity contribution in [1.82, 2.24) is 30.0 Å². The molecule has 2 aromatic rings. The Morgan fingerprint density at radius 3 is 2.79 bits per heavy atom. The van der Waals surface area contributed by atoms with Gasteiger partial charge >= 0.3 is 0 Å². The van der Waals surface area contributed by atoms with Crippen LogP contribution in [0.4, 0.5) is 5.69 Å². The second kappa shape index (κ2) is 8.91. The Morgan fingerprint density at radius 1 is 1.24 bits per heavy atom. The van der Waals surface area contributed by atoms with Gasteiger partial charge in [-0.15, -0.1) is 10.2 Å². The summed E-state index contributed by atoms with van der Waals surface area (Å²) in [5.74, 6) is 2.10. The first-order chi connectivity index (χ1) is 16.1. The standard InChI is InChI=1S/C22H26N10O/c1-30(2)7-8-33-20-6-5-16(9-19(20)31-13-25-26-14-31)28-21-10-18(27-15-3-4-15)22-24-12-17(11-23)32(22)29-21/h5-6,9-10,13-15,17,27H,3-4,7-8,12H2,1-2H3,(H,28,29). The highest BCUT2D eigenvalue weighted by molar-refractivity contribution is 6.13. The Bertz CT molecular complexity index is 1140. The van der Waals surface area contributed by atoms with Gasteiger partial charge in [0.25, 0.3) is 0 Å². The molecule has 2 N–H and O–H groups in total. The van der Waals surface area contributed by atoms with E-state index < -0.39 is 6.04 Å². The fraction of sp³-hybridized carbons (Fsp3) is 0.409. The molecule has 0 amide bonds. The molecule has 1 fully saturated rings. The minimum absolute atomic E-state index is 0.401. The molecule has 1 saturated carbocycles. The molecule has 3 heterocycles. The van der Waals surface area contributed by atoms with Gasteiger partial charge in [-0.1, -0.05) is 0 Å². The van der Waals surface area contributed by atoms with E-state index >= 15 is 0 Å². The number of likely N-dealkylation sites (N-methyl/N-ethyl adjacent to an activating group) is 1. The quantitative estimate of drug-likeness (QED) is 0.621. The number of aliphatic imine (C=N–C) groups is 1. The Hall–Kier alpha value is -3.91. The average molecular weight is 447 g/mol. The van der Waals surface area contributed by atoms with Gasteiger partial charge in [-0.05, 0) is 45.1 Å². The van der Waals surface area contributed by atoms with Gasteiger partial charge in [-0.2, -0.15) is 10.4 Å². The number of rotatable bonds is 8. The fourth-order valence-electron chi connectivity index (χ4n) is 3.58. The third kappa shape index (κ3) is 4.65. The van der Waals surface area contributed by atoms with Gasteiger partial charge < -0.3 is 20.3 Å². The van der Waals surface area contributed by atoms with E-state index in [0.29, 0.717) is 25.0 Å². The lowest BCUT2D eigenvalue weighted by Gasteiger charge is -2.26. The highest BCUT2D eigenvalue weighted by Crippen LogP contribution is 2.28. The Kier molecular flexibility index (Phi) is 5.66. The van der Waals surface area contributed by atoms with Crippen LogP contribution in [0.3, 0.4) is 0 Å². The van der Waals surface area contributed by atoms with E-state index in [2.05, 4.69) is 41.9 Å². The van der Waals surface area contributed by atoms with Gasteiger partial charge in [0.1, 0.15) is 25.0 Å². The number of nitriles is 1. The second-order valence-electron chi connectivity index (χ2n) is 8.44. The number of fused-ring (bicyclic) bond motifs is 1. The Balaban J connectivity index is 1.41. The summed E-state index contributed by atoms with van der Waals surface area (Å²) in [6.45, 7) is 1.79. The highest BCUT2D eigenvalue weighted by Gasteiger charge is 2.35. The molecule has 5 rings (SSSR count). The molecule has 11 heteroatoms. The molecule has 0 radical (unpaired) electrons. The van der Waals surface area contributed by atoms with Crippen LogP contribution in [0.1, 0.15) is 12.8 Å². The maximum atomic E-state index is 9.51. The number of benzene rings is 1. The largest absolute Gasteiger partial charge is 0.490 e. The zero-order valence-corrected chi connectivity index (χ0v) is 18.6. The van der Waals surface area contributed by atoms with Crippen LogP contribution < -0.4 is 15.4 Å². The van der Waals surface area contributed by atoms with Crippen molar-refractivity contribution in [1.29, 1.82) is 5.26 Å². The average Bonchev–Trinajstić information content (AvgIpc) is 3.28. The van der Waals surface area contributed by atoms with Crippen LogP contribution in [0.15, 0.2) is 52.7 Å². The van der Waals surface area contributed by atoms with Crippen molar-refractivity contribution in [3.05, 3.63) is 42.6 Å². The van der Waals surface area contributed by atoms with Crippen molar-refractivity contribution in [2.45, 2.75) is 24.9 Å². The molecule has 0 bridgehead atoms. The third-order valence-electron chi connectivity index (χ3n) is 5.47. The summed E-state index contributed by atoms with van der Waals surface area (Å²) in [7, 11) is 4.02. The van der Waals surface area contributed by atoms with E-state index in [9.17, 15) is 5.26 Å². The molecule has 11 nitrogen and oxygen atoms in total. The topological polar surface area (TPSA) is 119 Å². The predicted molar refractivity (Wildman–Crippen MR) is 124 cm³/mol. The lowest BCUT2D eigenvalue weighted by molar-refractivity contribution is 0.261. The number of anilines is 1. The number of hydrazone groups is 1. The smallest absolute Gasteiger partial charge is 0.169 e. The van der Waals surface area contributed by atoms with Crippen LogP contribution in [0.5, 0.6) is 5.75 Å². The van der Waals surface area contributed by atoms with Crippen LogP contribution in [0.2, 0.25) is 0 Å². The zero-order valence-electron chi connectivity index (χ0n) is 18.6. The van der Waals surface area contributed by atoms with Gasteiger partial charge in [-0.25, -0.2) is 5.01 Å². The SMILES string of the molecule is CN(C)CCOc1ccc(NC2=NN3C(=NCC3C#N)C(NC3CC3)=C2)cc1-n1cnnc1. The van der Waals surface area contributed by atoms with E-state index in [1.54, 1.807) is 17.7 Å². The van der Waals surface area contributed by atoms with Crippen LogP contribution in [-0.2, 0) is 0 Å². The van der Waals surface area contributed by atoms with E-state index in [0.717, 1.165) is 48.0 Å². The van der Waals surface area contributed by atoms with Crippen molar-refractivity contribution in [3.8, 4) is 17.5 Å². The Labute approximate surface area is 192 Å². The first-order valence-electron chi connectivity index (χ1n) is 10.9. The number of amidine groups is 2. The van der Waals surface area contributed by atoms with E-state index in [1.165, 1.54) is 0 Å². The summed E-state index contributed by atoms with van der Waals surface area (Å²) in [6.07, 6.45) is 7.51. The highest BCUT2D eigenvalue weighted by atomic mass is 16.5. The predicted octanol–water partition coefficient (Wildman–Crippen LogP) is 1.19. The van der Waals surface area contributed by atoms with Gasteiger partial charge in [0, 0.05) is 24.4 Å². The molecule has 33 heavy (non-hydrogen) atoms. The minimum atomic E-state index is -0.401. The summed E-state index contributed by atoms with van der Waals surface area (Å²) in [4.78, 5) is 6.60. The molecule has 2 aliphatic heterocycles. The number of aromatic nitrogens is 3. The zero-order chi connectivity index (χ0) is 22.8. The van der Waals surface area contributed by atoms with Crippen LogP contribution in [-0.4, -0.2) is 82.2 Å². The lowest BCUT2D eigenvalue weighted by atomic mass is 10.2. The third-order valence-corrected chi connectivity index (χ3v) is 5.47. The van der Waals surface area contributed by atoms with Gasteiger partial charge in [-0.3, -0.25) is 9.56 Å². The first kappa shape index (κ1) is 21.0. The monoisotopic (exact) mass is 446 g/mol. The number of hydrogen-bond donors (Lipinski definition) is 2. The normalized spacial score (nSPS) is 19.4. The number of nitrogens with one attached hydrogen (secondary N) is 2. The van der Waals surface area contributed by atoms with E-state index in [4.69, 9.17) is 4.74 Å². The molecule has 0 spiro atoms. The number of ether oxygens (including phenoxy) is 1. The molecular formula is C22H26N10O. The maximum absolute atomic E-state index is 9.51. The van der Waals surface area contributed by atoms with Gasteiger partial charge in [0.15, 0.2) is 17.7 Å². The summed E-state index contributed by atoms with van der Waals surface area (Å²) in [5.41, 5.74) is 2.54. The van der Waals surface area contributed by atoms with Crippen molar-refractivity contribution >= 4 is 17.4 Å². The van der Waals surface area contributed by atoms with Crippen LogP contribution in [0.25, 0.3) is 5.69 Å². The summed E-state index contributed by atoms with van der Waals surface area (Å²) in [5, 5.41) is 30.6. The van der Waals surface area contributed by atoms with Gasteiger partial charge in [0.05, 0.1) is 24.0 Å². The van der Waals surface area contributed by atoms with Crippen molar-refractivity contribution in [2.75, 3.05) is 39.1 Å². The number of hydrogen-bond acceptors (Lipinski definition) is 10. The minimum Gasteiger partial charge on any atom is -0.490 e. The van der Waals surface area contributed by atoms with Crippen molar-refractivity contribution < 1.29 is 4.74 Å². The van der Waals surface area contributed by atoms with E-state index in [1.807, 2.05) is 42.9 Å². The molecule has 1 aliphatic carbocycles. The summed E-state index contributed by atoms with van der Waals surface area (Å²) < 4.78 is 7.82. The summed E-state index contributed by atoms with van der Waals surface area (Å²) in [6, 6.07) is 8.17.